The van der Waals surface area contributed by atoms with Gasteiger partial charge in [0, 0.05) is 13.6 Å². The maximum atomic E-state index is 13.3. The molecule has 1 aromatic rings. The van der Waals surface area contributed by atoms with Crippen molar-refractivity contribution in [1.82, 2.24) is 4.90 Å². The van der Waals surface area contributed by atoms with Crippen LogP contribution in [0, 0.1) is 5.82 Å². The SMILES string of the molecule is CN1CC=C(C(=O)Nc2ccccc2F)C1=O. The summed E-state index contributed by atoms with van der Waals surface area (Å²) in [5, 5.41) is 2.37. The van der Waals surface area contributed by atoms with Gasteiger partial charge in [-0.05, 0) is 18.2 Å². The van der Waals surface area contributed by atoms with Gasteiger partial charge < -0.3 is 10.2 Å². The third kappa shape index (κ3) is 2.18. The van der Waals surface area contributed by atoms with Crippen LogP contribution in [0.2, 0.25) is 0 Å². The second-order valence-electron chi connectivity index (χ2n) is 3.74. The summed E-state index contributed by atoms with van der Waals surface area (Å²) in [6.07, 6.45) is 1.53. The highest BCUT2D eigenvalue weighted by Crippen LogP contribution is 2.16. The standard InChI is InChI=1S/C12H11FN2O2/c1-15-7-6-8(12(15)17)11(16)14-10-5-3-2-4-9(10)13/h2-6H,7H2,1H3,(H,14,16). The Hall–Kier alpha value is -2.17. The summed E-state index contributed by atoms with van der Waals surface area (Å²) in [5.41, 5.74) is 0.122. The number of rotatable bonds is 2. The predicted molar refractivity (Wildman–Crippen MR) is 60.7 cm³/mol. The van der Waals surface area contributed by atoms with Gasteiger partial charge in [-0.1, -0.05) is 12.1 Å². The molecule has 0 radical (unpaired) electrons. The summed E-state index contributed by atoms with van der Waals surface area (Å²) >= 11 is 0. The van der Waals surface area contributed by atoms with Crippen molar-refractivity contribution in [1.29, 1.82) is 0 Å². The summed E-state index contributed by atoms with van der Waals surface area (Å²) in [4.78, 5) is 24.7. The van der Waals surface area contributed by atoms with E-state index < -0.39 is 11.7 Å². The summed E-state index contributed by atoms with van der Waals surface area (Å²) in [6, 6.07) is 5.82. The zero-order chi connectivity index (χ0) is 12.4. The minimum absolute atomic E-state index is 0.0516. The molecule has 0 fully saturated rings. The first-order valence-electron chi connectivity index (χ1n) is 5.11. The van der Waals surface area contributed by atoms with Crippen LogP contribution in [0.4, 0.5) is 10.1 Å². The average molecular weight is 234 g/mol. The third-order valence-corrected chi connectivity index (χ3v) is 2.51. The Morgan fingerprint density at radius 3 is 2.71 bits per heavy atom. The highest BCUT2D eigenvalue weighted by molar-refractivity contribution is 6.23. The highest BCUT2D eigenvalue weighted by Gasteiger charge is 2.26. The number of amides is 2. The van der Waals surface area contributed by atoms with Gasteiger partial charge in [-0.15, -0.1) is 0 Å². The molecule has 1 aliphatic rings. The number of hydrogen-bond acceptors (Lipinski definition) is 2. The lowest BCUT2D eigenvalue weighted by molar-refractivity contribution is -0.126. The quantitative estimate of drug-likeness (QED) is 0.781. The van der Waals surface area contributed by atoms with Crippen LogP contribution in [-0.4, -0.2) is 30.3 Å². The Labute approximate surface area is 97.7 Å². The monoisotopic (exact) mass is 234 g/mol. The zero-order valence-corrected chi connectivity index (χ0v) is 9.24. The van der Waals surface area contributed by atoms with Crippen LogP contribution < -0.4 is 5.32 Å². The molecule has 0 aromatic heterocycles. The van der Waals surface area contributed by atoms with Crippen molar-refractivity contribution in [2.45, 2.75) is 0 Å². The molecule has 88 valence electrons. The topological polar surface area (TPSA) is 49.4 Å². The molecule has 1 aromatic carbocycles. The Bertz CT molecular complexity index is 511. The molecular weight excluding hydrogens is 223 g/mol. The van der Waals surface area contributed by atoms with E-state index in [1.54, 1.807) is 13.1 Å². The number of carbonyl (C=O) groups is 2. The Balaban J connectivity index is 2.14. The molecule has 4 nitrogen and oxygen atoms in total. The molecule has 1 aliphatic heterocycles. The van der Waals surface area contributed by atoms with Crippen molar-refractivity contribution in [3.05, 3.63) is 41.7 Å². The second kappa shape index (κ2) is 4.37. The zero-order valence-electron chi connectivity index (χ0n) is 9.24. The number of anilines is 1. The first-order chi connectivity index (χ1) is 8.09. The van der Waals surface area contributed by atoms with Crippen molar-refractivity contribution in [2.75, 3.05) is 18.9 Å². The number of hydrogen-bond donors (Lipinski definition) is 1. The number of para-hydroxylation sites is 1. The highest BCUT2D eigenvalue weighted by atomic mass is 19.1. The third-order valence-electron chi connectivity index (χ3n) is 2.51. The summed E-state index contributed by atoms with van der Waals surface area (Å²) < 4.78 is 13.3. The largest absolute Gasteiger partial charge is 0.338 e. The number of carbonyl (C=O) groups excluding carboxylic acids is 2. The van der Waals surface area contributed by atoms with Gasteiger partial charge in [0.05, 0.1) is 5.69 Å². The molecule has 2 rings (SSSR count). The lowest BCUT2D eigenvalue weighted by Crippen LogP contribution is -2.27. The fourth-order valence-corrected chi connectivity index (χ4v) is 1.55. The minimum Gasteiger partial charge on any atom is -0.338 e. The molecule has 0 atom stereocenters. The molecule has 17 heavy (non-hydrogen) atoms. The molecule has 0 aliphatic carbocycles. The Morgan fingerprint density at radius 1 is 1.41 bits per heavy atom. The average Bonchev–Trinajstić information content (AvgIpc) is 2.63. The molecule has 0 saturated heterocycles. The van der Waals surface area contributed by atoms with Crippen molar-refractivity contribution in [3.8, 4) is 0 Å². The van der Waals surface area contributed by atoms with Gasteiger partial charge in [-0.25, -0.2) is 4.39 Å². The van der Waals surface area contributed by atoms with Crippen LogP contribution in [0.1, 0.15) is 0 Å². The van der Waals surface area contributed by atoms with Crippen LogP contribution in [-0.2, 0) is 9.59 Å². The fourth-order valence-electron chi connectivity index (χ4n) is 1.55. The molecule has 1 N–H and O–H groups in total. The number of likely N-dealkylation sites (N-methyl/N-ethyl adjacent to an activating group) is 1. The van der Waals surface area contributed by atoms with E-state index in [0.717, 1.165) is 0 Å². The molecule has 1 heterocycles. The summed E-state index contributed by atoms with van der Waals surface area (Å²) in [5.74, 6) is -1.46. The first-order valence-corrected chi connectivity index (χ1v) is 5.11. The molecule has 0 unspecified atom stereocenters. The second-order valence-corrected chi connectivity index (χ2v) is 3.74. The van der Waals surface area contributed by atoms with Gasteiger partial charge in [-0.3, -0.25) is 9.59 Å². The van der Waals surface area contributed by atoms with Crippen LogP contribution in [0.3, 0.4) is 0 Å². The van der Waals surface area contributed by atoms with E-state index in [2.05, 4.69) is 5.32 Å². The van der Waals surface area contributed by atoms with E-state index >= 15 is 0 Å². The maximum Gasteiger partial charge on any atom is 0.261 e. The van der Waals surface area contributed by atoms with Gasteiger partial charge in [-0.2, -0.15) is 0 Å². The molecule has 0 saturated carbocycles. The summed E-state index contributed by atoms with van der Waals surface area (Å²) in [7, 11) is 1.60. The van der Waals surface area contributed by atoms with Crippen LogP contribution in [0.25, 0.3) is 0 Å². The predicted octanol–water partition coefficient (Wildman–Crippen LogP) is 1.16. The fraction of sp³-hybridized carbons (Fsp3) is 0.167. The number of nitrogens with one attached hydrogen (secondary N) is 1. The van der Waals surface area contributed by atoms with Crippen LogP contribution in [0.5, 0.6) is 0 Å². The number of nitrogens with zero attached hydrogens (tertiary/aromatic N) is 1. The van der Waals surface area contributed by atoms with Gasteiger partial charge in [0.25, 0.3) is 11.8 Å². The van der Waals surface area contributed by atoms with Crippen molar-refractivity contribution in [3.63, 3.8) is 0 Å². The van der Waals surface area contributed by atoms with Gasteiger partial charge in [0.15, 0.2) is 0 Å². The minimum atomic E-state index is -0.579. The van der Waals surface area contributed by atoms with E-state index in [4.69, 9.17) is 0 Å². The van der Waals surface area contributed by atoms with Gasteiger partial charge in [0.2, 0.25) is 0 Å². The maximum absolute atomic E-state index is 13.3. The van der Waals surface area contributed by atoms with Crippen molar-refractivity contribution < 1.29 is 14.0 Å². The molecular formula is C12H11FN2O2. The molecule has 0 spiro atoms. The normalized spacial score (nSPS) is 14.8. The lowest BCUT2D eigenvalue weighted by Gasteiger charge is -2.09. The molecule has 5 heteroatoms. The lowest BCUT2D eigenvalue weighted by atomic mass is 10.2. The van der Waals surface area contributed by atoms with Gasteiger partial charge >= 0.3 is 0 Å². The first kappa shape index (κ1) is 11.3. The van der Waals surface area contributed by atoms with E-state index in [1.165, 1.54) is 29.2 Å². The smallest absolute Gasteiger partial charge is 0.261 e. The van der Waals surface area contributed by atoms with Crippen molar-refractivity contribution in [2.24, 2.45) is 0 Å². The van der Waals surface area contributed by atoms with E-state index in [0.29, 0.717) is 6.54 Å². The number of halogens is 1. The Morgan fingerprint density at radius 2 is 2.12 bits per heavy atom. The van der Waals surface area contributed by atoms with Crippen molar-refractivity contribution >= 4 is 17.5 Å². The van der Waals surface area contributed by atoms with Crippen LogP contribution in [0.15, 0.2) is 35.9 Å². The van der Waals surface area contributed by atoms with E-state index in [9.17, 15) is 14.0 Å². The van der Waals surface area contributed by atoms with Gasteiger partial charge in [0.1, 0.15) is 11.4 Å². The van der Waals surface area contributed by atoms with Crippen LogP contribution >= 0.6 is 0 Å². The number of benzene rings is 1. The molecule has 2 amide bonds. The van der Waals surface area contributed by atoms with E-state index in [-0.39, 0.29) is 17.2 Å². The van der Waals surface area contributed by atoms with E-state index in [1.807, 2.05) is 0 Å². The summed E-state index contributed by atoms with van der Waals surface area (Å²) in [6.45, 7) is 0.402. The Kier molecular flexibility index (Phi) is 2.91. The molecule has 0 bridgehead atoms.